The van der Waals surface area contributed by atoms with Gasteiger partial charge in [0.1, 0.15) is 13.2 Å². The van der Waals surface area contributed by atoms with Gasteiger partial charge in [-0.05, 0) is 29.8 Å². The number of aliphatic hydroxyl groups is 1. The molecule has 2 aromatic rings. The first-order valence-electron chi connectivity index (χ1n) is 8.21. The van der Waals surface area contributed by atoms with E-state index in [2.05, 4.69) is 4.72 Å². The van der Waals surface area contributed by atoms with Crippen LogP contribution in [0.1, 0.15) is 11.7 Å². The summed E-state index contributed by atoms with van der Waals surface area (Å²) in [5.74, 6) is 0.926. The summed E-state index contributed by atoms with van der Waals surface area (Å²) in [5.41, 5.74) is 1.64. The van der Waals surface area contributed by atoms with Crippen molar-refractivity contribution in [2.45, 2.75) is 11.0 Å². The van der Waals surface area contributed by atoms with Crippen molar-refractivity contribution in [3.05, 3.63) is 48.0 Å². The summed E-state index contributed by atoms with van der Waals surface area (Å²) in [4.78, 5) is 2.01. The lowest BCUT2D eigenvalue weighted by molar-refractivity contribution is 0.171. The molecular formula is C18H22N2O5S. The highest BCUT2D eigenvalue weighted by Crippen LogP contribution is 2.32. The van der Waals surface area contributed by atoms with Crippen LogP contribution in [-0.2, 0) is 10.0 Å². The molecule has 2 aromatic carbocycles. The lowest BCUT2D eigenvalue weighted by Gasteiger charge is -2.19. The van der Waals surface area contributed by atoms with Crippen molar-refractivity contribution in [3.63, 3.8) is 0 Å². The third kappa shape index (κ3) is 4.09. The Hall–Kier alpha value is -2.29. The predicted molar refractivity (Wildman–Crippen MR) is 98.3 cm³/mol. The number of fused-ring (bicyclic) bond motifs is 1. The van der Waals surface area contributed by atoms with E-state index < -0.39 is 16.1 Å². The minimum atomic E-state index is -3.77. The van der Waals surface area contributed by atoms with Gasteiger partial charge < -0.3 is 19.5 Å². The lowest BCUT2D eigenvalue weighted by atomic mass is 10.1. The maximum atomic E-state index is 12.5. The number of aliphatic hydroxyl groups excluding tert-OH is 1. The summed E-state index contributed by atoms with van der Waals surface area (Å²) in [6, 6.07) is 11.7. The van der Waals surface area contributed by atoms with Crippen LogP contribution in [0.15, 0.2) is 47.4 Å². The van der Waals surface area contributed by atoms with E-state index in [1.807, 2.05) is 31.1 Å². The van der Waals surface area contributed by atoms with Crippen molar-refractivity contribution >= 4 is 15.7 Å². The number of anilines is 1. The van der Waals surface area contributed by atoms with Gasteiger partial charge in [-0.15, -0.1) is 0 Å². The van der Waals surface area contributed by atoms with Gasteiger partial charge >= 0.3 is 0 Å². The van der Waals surface area contributed by atoms with Crippen LogP contribution in [0.3, 0.4) is 0 Å². The average molecular weight is 378 g/mol. The molecule has 0 spiro atoms. The van der Waals surface area contributed by atoms with E-state index in [-0.39, 0.29) is 11.4 Å². The Labute approximate surface area is 153 Å². The second kappa shape index (κ2) is 7.53. The SMILES string of the molecule is CN(C)c1ccc(C(O)CNS(=O)(=O)c2ccc3c(c2)OCCO3)cc1. The van der Waals surface area contributed by atoms with E-state index in [1.54, 1.807) is 18.2 Å². The largest absolute Gasteiger partial charge is 0.486 e. The molecule has 1 atom stereocenters. The molecule has 1 unspecified atom stereocenters. The van der Waals surface area contributed by atoms with Crippen LogP contribution in [0.2, 0.25) is 0 Å². The van der Waals surface area contributed by atoms with Gasteiger partial charge in [0.05, 0.1) is 11.0 Å². The van der Waals surface area contributed by atoms with Crippen LogP contribution in [0.5, 0.6) is 11.5 Å². The molecule has 0 saturated heterocycles. The van der Waals surface area contributed by atoms with E-state index in [1.165, 1.54) is 12.1 Å². The van der Waals surface area contributed by atoms with Gasteiger partial charge in [0.2, 0.25) is 10.0 Å². The number of hydrogen-bond acceptors (Lipinski definition) is 6. The highest BCUT2D eigenvalue weighted by atomic mass is 32.2. The number of nitrogens with one attached hydrogen (secondary N) is 1. The number of ether oxygens (including phenoxy) is 2. The fourth-order valence-electron chi connectivity index (χ4n) is 2.58. The minimum Gasteiger partial charge on any atom is -0.486 e. The molecule has 8 heteroatoms. The quantitative estimate of drug-likeness (QED) is 0.793. The Morgan fingerprint density at radius 2 is 1.73 bits per heavy atom. The predicted octanol–water partition coefficient (Wildman–Crippen LogP) is 1.54. The second-order valence-electron chi connectivity index (χ2n) is 6.16. The first-order chi connectivity index (χ1) is 12.4. The smallest absolute Gasteiger partial charge is 0.240 e. The molecule has 0 saturated carbocycles. The molecule has 0 bridgehead atoms. The van der Waals surface area contributed by atoms with E-state index in [0.717, 1.165) is 5.69 Å². The standard InChI is InChI=1S/C18H22N2O5S/c1-20(2)14-5-3-13(4-6-14)16(21)12-19-26(22,23)15-7-8-17-18(11-15)25-10-9-24-17/h3-8,11,16,19,21H,9-10,12H2,1-2H3. The molecule has 0 fully saturated rings. The van der Waals surface area contributed by atoms with Gasteiger partial charge in [0, 0.05) is 32.4 Å². The third-order valence-corrected chi connectivity index (χ3v) is 5.51. The first-order valence-corrected chi connectivity index (χ1v) is 9.70. The monoisotopic (exact) mass is 378 g/mol. The van der Waals surface area contributed by atoms with E-state index >= 15 is 0 Å². The Morgan fingerprint density at radius 1 is 1.08 bits per heavy atom. The molecule has 0 aliphatic carbocycles. The molecule has 3 rings (SSSR count). The van der Waals surface area contributed by atoms with E-state index in [9.17, 15) is 13.5 Å². The summed E-state index contributed by atoms with van der Waals surface area (Å²) < 4.78 is 38.2. The molecule has 0 radical (unpaired) electrons. The van der Waals surface area contributed by atoms with Crippen molar-refractivity contribution < 1.29 is 23.0 Å². The highest BCUT2D eigenvalue weighted by molar-refractivity contribution is 7.89. The zero-order valence-electron chi connectivity index (χ0n) is 14.7. The number of benzene rings is 2. The summed E-state index contributed by atoms with van der Waals surface area (Å²) in [6.07, 6.45) is -0.946. The molecule has 2 N–H and O–H groups in total. The number of sulfonamides is 1. The van der Waals surface area contributed by atoms with Crippen molar-refractivity contribution in [2.75, 3.05) is 38.8 Å². The Morgan fingerprint density at radius 3 is 2.38 bits per heavy atom. The Kier molecular flexibility index (Phi) is 5.36. The molecule has 140 valence electrons. The normalized spacial score (nSPS) is 14.7. The molecule has 0 amide bonds. The van der Waals surface area contributed by atoms with Crippen molar-refractivity contribution in [3.8, 4) is 11.5 Å². The number of rotatable bonds is 6. The molecular weight excluding hydrogens is 356 g/mol. The van der Waals surface area contributed by atoms with E-state index in [4.69, 9.17) is 9.47 Å². The molecule has 26 heavy (non-hydrogen) atoms. The van der Waals surface area contributed by atoms with Gasteiger partial charge in [0.25, 0.3) is 0 Å². The van der Waals surface area contributed by atoms with Gasteiger partial charge in [-0.25, -0.2) is 13.1 Å². The number of hydrogen-bond donors (Lipinski definition) is 2. The molecule has 1 aliphatic heterocycles. The topological polar surface area (TPSA) is 88.1 Å². The van der Waals surface area contributed by atoms with Gasteiger partial charge in [0.15, 0.2) is 11.5 Å². The number of nitrogens with zero attached hydrogens (tertiary/aromatic N) is 1. The fourth-order valence-corrected chi connectivity index (χ4v) is 3.63. The van der Waals surface area contributed by atoms with Crippen molar-refractivity contribution in [2.24, 2.45) is 0 Å². The molecule has 1 heterocycles. The Balaban J connectivity index is 1.67. The average Bonchev–Trinajstić information content (AvgIpc) is 2.65. The van der Waals surface area contributed by atoms with E-state index in [0.29, 0.717) is 30.3 Å². The van der Waals surface area contributed by atoms with Crippen molar-refractivity contribution in [1.82, 2.24) is 4.72 Å². The maximum Gasteiger partial charge on any atom is 0.240 e. The van der Waals surface area contributed by atoms with Gasteiger partial charge in [-0.2, -0.15) is 0 Å². The molecule has 0 aromatic heterocycles. The highest BCUT2D eigenvalue weighted by Gasteiger charge is 2.20. The maximum absolute atomic E-state index is 12.5. The summed E-state index contributed by atoms with van der Waals surface area (Å²) >= 11 is 0. The van der Waals surface area contributed by atoms with Crippen molar-refractivity contribution in [1.29, 1.82) is 0 Å². The fraction of sp³-hybridized carbons (Fsp3) is 0.333. The zero-order chi connectivity index (χ0) is 18.7. The minimum absolute atomic E-state index is 0.0666. The first kappa shape index (κ1) is 18.5. The molecule has 1 aliphatic rings. The lowest BCUT2D eigenvalue weighted by Crippen LogP contribution is -2.28. The molecule has 7 nitrogen and oxygen atoms in total. The van der Waals surface area contributed by atoms with Crippen LogP contribution in [-0.4, -0.2) is 47.4 Å². The van der Waals surface area contributed by atoms with Crippen LogP contribution in [0.4, 0.5) is 5.69 Å². The van der Waals surface area contributed by atoms with Crippen LogP contribution < -0.4 is 19.1 Å². The zero-order valence-corrected chi connectivity index (χ0v) is 15.5. The summed E-state index contributed by atoms with van der Waals surface area (Å²) in [7, 11) is 0.0748. The van der Waals surface area contributed by atoms with Crippen LogP contribution >= 0.6 is 0 Å². The van der Waals surface area contributed by atoms with Crippen LogP contribution in [0, 0.1) is 0 Å². The second-order valence-corrected chi connectivity index (χ2v) is 7.93. The van der Waals surface area contributed by atoms with Gasteiger partial charge in [-0.1, -0.05) is 12.1 Å². The van der Waals surface area contributed by atoms with Gasteiger partial charge in [-0.3, -0.25) is 0 Å². The third-order valence-electron chi connectivity index (χ3n) is 4.08. The summed E-state index contributed by atoms with van der Waals surface area (Å²) in [5, 5.41) is 10.3. The van der Waals surface area contributed by atoms with Crippen LogP contribution in [0.25, 0.3) is 0 Å². The summed E-state index contributed by atoms with van der Waals surface area (Å²) in [6.45, 7) is 0.694. The Bertz CT molecular complexity index is 866.